The molecule has 1 atom stereocenters. The molecule has 0 spiro atoms. The first-order valence-corrected chi connectivity index (χ1v) is 9.84. The molecule has 0 aliphatic rings. The van der Waals surface area contributed by atoms with Crippen molar-refractivity contribution in [1.82, 2.24) is 15.4 Å². The molecule has 0 aliphatic carbocycles. The van der Waals surface area contributed by atoms with Gasteiger partial charge >= 0.3 is 0 Å². The summed E-state index contributed by atoms with van der Waals surface area (Å²) >= 11 is 1.54. The molecule has 0 unspecified atom stereocenters. The normalized spacial score (nSPS) is 12.4. The molecule has 0 saturated heterocycles. The van der Waals surface area contributed by atoms with E-state index in [-0.39, 0.29) is 29.0 Å². The molecule has 7 nitrogen and oxygen atoms in total. The molecule has 1 aromatic carbocycles. The molecule has 9 heteroatoms. The van der Waals surface area contributed by atoms with E-state index in [0.29, 0.717) is 0 Å². The van der Waals surface area contributed by atoms with Crippen LogP contribution in [0.3, 0.4) is 0 Å². The van der Waals surface area contributed by atoms with Crippen molar-refractivity contribution < 1.29 is 18.0 Å². The average molecular weight is 381 g/mol. The van der Waals surface area contributed by atoms with Crippen LogP contribution >= 0.6 is 11.3 Å². The van der Waals surface area contributed by atoms with Crippen LogP contribution in [0.4, 0.5) is 0 Å². The maximum atomic E-state index is 12.0. The Kier molecular flexibility index (Phi) is 6.29. The van der Waals surface area contributed by atoms with Gasteiger partial charge in [-0.15, -0.1) is 11.3 Å². The molecule has 134 valence electrons. The van der Waals surface area contributed by atoms with Gasteiger partial charge < -0.3 is 10.6 Å². The second-order valence-corrected chi connectivity index (χ2v) is 8.09. The van der Waals surface area contributed by atoms with E-state index in [2.05, 4.69) is 15.4 Å². The van der Waals surface area contributed by atoms with Crippen molar-refractivity contribution >= 4 is 33.2 Å². The molecule has 1 heterocycles. The zero-order valence-corrected chi connectivity index (χ0v) is 15.4. The number of sulfonamides is 1. The fourth-order valence-electron chi connectivity index (χ4n) is 2.07. The van der Waals surface area contributed by atoms with Crippen LogP contribution in [-0.2, 0) is 14.8 Å². The van der Waals surface area contributed by atoms with Gasteiger partial charge in [-0.3, -0.25) is 9.59 Å². The van der Waals surface area contributed by atoms with Gasteiger partial charge in [-0.05, 0) is 49.7 Å². The van der Waals surface area contributed by atoms with Crippen LogP contribution in [0, 0.1) is 0 Å². The molecule has 3 N–H and O–H groups in total. The van der Waals surface area contributed by atoms with E-state index in [1.165, 1.54) is 31.3 Å². The summed E-state index contributed by atoms with van der Waals surface area (Å²) in [6.07, 6.45) is 0. The minimum Gasteiger partial charge on any atom is -0.347 e. The maximum Gasteiger partial charge on any atom is 0.251 e. The number of rotatable bonds is 7. The summed E-state index contributed by atoms with van der Waals surface area (Å²) in [5.74, 6) is -0.754. The second-order valence-electron chi connectivity index (χ2n) is 5.22. The third-order valence-electron chi connectivity index (χ3n) is 3.45. The number of carbonyl (C=O) groups is 2. The molecule has 25 heavy (non-hydrogen) atoms. The minimum atomic E-state index is -3.55. The summed E-state index contributed by atoms with van der Waals surface area (Å²) in [5, 5.41) is 7.23. The lowest BCUT2D eigenvalue weighted by Gasteiger charge is -2.12. The highest BCUT2D eigenvalue weighted by Gasteiger charge is 2.14. The molecule has 1 aromatic heterocycles. The summed E-state index contributed by atoms with van der Waals surface area (Å²) < 4.78 is 25.5. The van der Waals surface area contributed by atoms with Gasteiger partial charge in [-0.2, -0.15) is 0 Å². The Morgan fingerprint density at radius 1 is 1.16 bits per heavy atom. The second kappa shape index (κ2) is 8.24. The van der Waals surface area contributed by atoms with Crippen LogP contribution in [0.25, 0.3) is 0 Å². The first kappa shape index (κ1) is 19.1. The van der Waals surface area contributed by atoms with Gasteiger partial charge in [0.25, 0.3) is 5.91 Å². The van der Waals surface area contributed by atoms with Crippen LogP contribution in [0.15, 0.2) is 46.7 Å². The number of hydrogen-bond donors (Lipinski definition) is 3. The van der Waals surface area contributed by atoms with Gasteiger partial charge in [0.05, 0.1) is 17.5 Å². The fraction of sp³-hybridized carbons (Fsp3) is 0.250. The van der Waals surface area contributed by atoms with Crippen LogP contribution < -0.4 is 15.4 Å². The summed E-state index contributed by atoms with van der Waals surface area (Å²) in [6.45, 7) is 1.71. The lowest BCUT2D eigenvalue weighted by atomic mass is 10.2. The van der Waals surface area contributed by atoms with Crippen LogP contribution in [0.2, 0.25) is 0 Å². The number of hydrogen-bond acceptors (Lipinski definition) is 5. The Balaban J connectivity index is 1.88. The lowest BCUT2D eigenvalue weighted by molar-refractivity contribution is -0.120. The van der Waals surface area contributed by atoms with Gasteiger partial charge in [0.1, 0.15) is 0 Å². The van der Waals surface area contributed by atoms with Crippen LogP contribution in [0.5, 0.6) is 0 Å². The van der Waals surface area contributed by atoms with E-state index in [0.717, 1.165) is 4.88 Å². The zero-order valence-electron chi connectivity index (χ0n) is 13.8. The largest absolute Gasteiger partial charge is 0.347 e. The number of thiophene rings is 1. The molecule has 0 fully saturated rings. The number of carbonyl (C=O) groups excluding carboxylic acids is 2. The Morgan fingerprint density at radius 2 is 1.84 bits per heavy atom. The van der Waals surface area contributed by atoms with Crippen molar-refractivity contribution in [1.29, 1.82) is 0 Å². The van der Waals surface area contributed by atoms with Gasteiger partial charge in [-0.25, -0.2) is 13.1 Å². The van der Waals surface area contributed by atoms with E-state index in [9.17, 15) is 18.0 Å². The Hall–Kier alpha value is -2.23. The molecular formula is C16H19N3O4S2. The van der Waals surface area contributed by atoms with Gasteiger partial charge in [0, 0.05) is 10.4 Å². The van der Waals surface area contributed by atoms with Crippen molar-refractivity contribution in [3.63, 3.8) is 0 Å². The topological polar surface area (TPSA) is 104 Å². The summed E-state index contributed by atoms with van der Waals surface area (Å²) in [6, 6.07) is 9.16. The highest BCUT2D eigenvalue weighted by atomic mass is 32.2. The van der Waals surface area contributed by atoms with E-state index in [4.69, 9.17) is 0 Å². The summed E-state index contributed by atoms with van der Waals surface area (Å²) in [5.41, 5.74) is 0.272. The maximum absolute atomic E-state index is 12.0. The fourth-order valence-corrected chi connectivity index (χ4v) is 3.53. The monoisotopic (exact) mass is 381 g/mol. The first-order valence-electron chi connectivity index (χ1n) is 7.48. The van der Waals surface area contributed by atoms with E-state index in [1.807, 2.05) is 24.4 Å². The third kappa shape index (κ3) is 5.12. The molecule has 0 radical (unpaired) electrons. The van der Waals surface area contributed by atoms with Crippen molar-refractivity contribution in [2.75, 3.05) is 13.6 Å². The highest BCUT2D eigenvalue weighted by Crippen LogP contribution is 2.17. The van der Waals surface area contributed by atoms with E-state index >= 15 is 0 Å². The molecule has 2 rings (SSSR count). The Bertz CT molecular complexity index is 831. The molecule has 2 aromatic rings. The first-order chi connectivity index (χ1) is 11.8. The van der Waals surface area contributed by atoms with Gasteiger partial charge in [0.2, 0.25) is 15.9 Å². The predicted molar refractivity (Wildman–Crippen MR) is 95.9 cm³/mol. The SMILES string of the molecule is CNS(=O)(=O)c1ccc(C(=O)NCC(=O)N[C@@H](C)c2cccs2)cc1. The number of amides is 2. The van der Waals surface area contributed by atoms with Crippen molar-refractivity contribution in [2.45, 2.75) is 17.9 Å². The molecule has 0 saturated carbocycles. The van der Waals surface area contributed by atoms with Gasteiger partial charge in [0.15, 0.2) is 0 Å². The minimum absolute atomic E-state index is 0.0639. The third-order valence-corrected chi connectivity index (χ3v) is 5.94. The van der Waals surface area contributed by atoms with Gasteiger partial charge in [-0.1, -0.05) is 6.07 Å². The number of benzene rings is 1. The molecule has 0 bridgehead atoms. The van der Waals surface area contributed by atoms with Crippen molar-refractivity contribution in [3.8, 4) is 0 Å². The lowest BCUT2D eigenvalue weighted by Crippen LogP contribution is -2.37. The average Bonchev–Trinajstić information content (AvgIpc) is 3.14. The predicted octanol–water partition coefficient (Wildman–Crippen LogP) is 1.26. The van der Waals surface area contributed by atoms with Crippen LogP contribution in [-0.4, -0.2) is 33.8 Å². The Morgan fingerprint density at radius 3 is 2.40 bits per heavy atom. The molecule has 2 amide bonds. The molecular weight excluding hydrogens is 362 g/mol. The van der Waals surface area contributed by atoms with E-state index in [1.54, 1.807) is 11.3 Å². The summed E-state index contributed by atoms with van der Waals surface area (Å²) in [4.78, 5) is 25.0. The standard InChI is InChI=1S/C16H19N3O4S2/c1-11(14-4-3-9-24-14)19-15(20)10-18-16(21)12-5-7-13(8-6-12)25(22,23)17-2/h3-9,11,17H,10H2,1-2H3,(H,18,21)(H,19,20)/t11-/m0/s1. The van der Waals surface area contributed by atoms with E-state index < -0.39 is 15.9 Å². The van der Waals surface area contributed by atoms with Crippen molar-refractivity contribution in [2.24, 2.45) is 0 Å². The number of nitrogens with one attached hydrogen (secondary N) is 3. The van der Waals surface area contributed by atoms with Crippen molar-refractivity contribution in [3.05, 3.63) is 52.2 Å². The smallest absolute Gasteiger partial charge is 0.251 e. The quantitative estimate of drug-likeness (QED) is 0.672. The van der Waals surface area contributed by atoms with Crippen LogP contribution in [0.1, 0.15) is 28.2 Å². The highest BCUT2D eigenvalue weighted by molar-refractivity contribution is 7.89. The Labute approximate surface area is 150 Å². The summed E-state index contributed by atoms with van der Waals surface area (Å²) in [7, 11) is -2.24. The molecule has 0 aliphatic heterocycles. The zero-order chi connectivity index (χ0) is 18.4.